The number of rotatable bonds is 3. The van der Waals surface area contributed by atoms with Gasteiger partial charge in [-0.3, -0.25) is 9.79 Å². The summed E-state index contributed by atoms with van der Waals surface area (Å²) in [7, 11) is 0. The van der Waals surface area contributed by atoms with Crippen LogP contribution in [0.3, 0.4) is 0 Å². The predicted octanol–water partition coefficient (Wildman–Crippen LogP) is 2.49. The third kappa shape index (κ3) is 2.08. The molecule has 14 heavy (non-hydrogen) atoms. The largest absolute Gasteiger partial charge is 0.294 e. The Balaban J connectivity index is 2.03. The van der Waals surface area contributed by atoms with Gasteiger partial charge in [0.2, 0.25) is 0 Å². The van der Waals surface area contributed by atoms with Crippen molar-refractivity contribution in [2.45, 2.75) is 19.3 Å². The molecule has 0 radical (unpaired) electrons. The highest BCUT2D eigenvalue weighted by Gasteiger charge is 2.12. The Morgan fingerprint density at radius 1 is 1.29 bits per heavy atom. The average Bonchev–Trinajstić information content (AvgIpc) is 2.72. The molecular weight excluding hydrogens is 174 g/mol. The van der Waals surface area contributed by atoms with Gasteiger partial charge in [-0.25, -0.2) is 0 Å². The summed E-state index contributed by atoms with van der Waals surface area (Å²) >= 11 is 0. The maximum Gasteiger partial charge on any atom is 0.168 e. The minimum absolute atomic E-state index is 0.186. The number of carbonyl (C=O) groups excluding carboxylic acids is 1. The number of benzene rings is 1. The second-order valence-corrected chi connectivity index (χ2v) is 3.52. The Morgan fingerprint density at radius 3 is 2.71 bits per heavy atom. The van der Waals surface area contributed by atoms with Crippen molar-refractivity contribution in [2.24, 2.45) is 4.99 Å². The molecule has 0 bridgehead atoms. The normalized spacial score (nSPS) is 15.3. The second kappa shape index (κ2) is 4.18. The number of nitrogens with zero attached hydrogens (tertiary/aromatic N) is 1. The molecule has 1 aromatic rings. The first-order valence-corrected chi connectivity index (χ1v) is 4.97. The fourth-order valence-electron chi connectivity index (χ4n) is 1.66. The topological polar surface area (TPSA) is 29.4 Å². The molecule has 0 aliphatic carbocycles. The first kappa shape index (κ1) is 9.13. The highest BCUT2D eigenvalue weighted by molar-refractivity contribution is 6.10. The minimum atomic E-state index is 0.186. The van der Waals surface area contributed by atoms with Crippen molar-refractivity contribution >= 4 is 11.5 Å². The first-order valence-electron chi connectivity index (χ1n) is 4.97. The van der Waals surface area contributed by atoms with Crippen LogP contribution in [-0.2, 0) is 0 Å². The molecule has 72 valence electrons. The highest BCUT2D eigenvalue weighted by Crippen LogP contribution is 2.11. The van der Waals surface area contributed by atoms with Gasteiger partial charge < -0.3 is 0 Å². The van der Waals surface area contributed by atoms with E-state index in [1.807, 2.05) is 30.3 Å². The smallest absolute Gasteiger partial charge is 0.168 e. The van der Waals surface area contributed by atoms with Crippen LogP contribution in [0.15, 0.2) is 35.3 Å². The van der Waals surface area contributed by atoms with E-state index in [1.165, 1.54) is 0 Å². The lowest BCUT2D eigenvalue weighted by Gasteiger charge is -1.99. The molecule has 0 fully saturated rings. The van der Waals surface area contributed by atoms with Crippen LogP contribution >= 0.6 is 0 Å². The van der Waals surface area contributed by atoms with E-state index in [0.29, 0.717) is 6.42 Å². The van der Waals surface area contributed by atoms with Gasteiger partial charge in [0.1, 0.15) is 0 Å². The van der Waals surface area contributed by atoms with E-state index in [0.717, 1.165) is 30.7 Å². The second-order valence-electron chi connectivity index (χ2n) is 3.52. The number of carbonyl (C=O) groups is 1. The zero-order valence-electron chi connectivity index (χ0n) is 8.07. The predicted molar refractivity (Wildman–Crippen MR) is 56.9 cm³/mol. The molecule has 2 heteroatoms. The average molecular weight is 187 g/mol. The van der Waals surface area contributed by atoms with Crippen LogP contribution in [0.1, 0.15) is 29.6 Å². The van der Waals surface area contributed by atoms with Gasteiger partial charge in [0.25, 0.3) is 0 Å². The lowest BCUT2D eigenvalue weighted by Crippen LogP contribution is -2.05. The van der Waals surface area contributed by atoms with Crippen molar-refractivity contribution in [3.63, 3.8) is 0 Å². The van der Waals surface area contributed by atoms with Gasteiger partial charge in [-0.1, -0.05) is 30.3 Å². The van der Waals surface area contributed by atoms with Gasteiger partial charge in [-0.05, 0) is 12.8 Å². The monoisotopic (exact) mass is 187 g/mol. The number of aliphatic imine (C=N–C) groups is 1. The Morgan fingerprint density at radius 2 is 2.07 bits per heavy atom. The van der Waals surface area contributed by atoms with E-state index >= 15 is 0 Å². The molecule has 0 unspecified atom stereocenters. The van der Waals surface area contributed by atoms with E-state index in [9.17, 15) is 4.79 Å². The quantitative estimate of drug-likeness (QED) is 0.668. The molecule has 0 amide bonds. The van der Waals surface area contributed by atoms with Crippen molar-refractivity contribution in [2.75, 3.05) is 6.54 Å². The maximum absolute atomic E-state index is 11.7. The van der Waals surface area contributed by atoms with Gasteiger partial charge in [0, 0.05) is 24.2 Å². The van der Waals surface area contributed by atoms with E-state index in [2.05, 4.69) is 4.99 Å². The van der Waals surface area contributed by atoms with E-state index < -0.39 is 0 Å². The molecule has 0 N–H and O–H groups in total. The van der Waals surface area contributed by atoms with Gasteiger partial charge in [0.15, 0.2) is 5.78 Å². The maximum atomic E-state index is 11.7. The summed E-state index contributed by atoms with van der Waals surface area (Å²) in [6.45, 7) is 0.900. The summed E-state index contributed by atoms with van der Waals surface area (Å²) in [5, 5.41) is 0. The fourth-order valence-corrected chi connectivity index (χ4v) is 1.66. The van der Waals surface area contributed by atoms with E-state index in [-0.39, 0.29) is 5.78 Å². The lowest BCUT2D eigenvalue weighted by atomic mass is 10.0. The van der Waals surface area contributed by atoms with Crippen molar-refractivity contribution in [1.82, 2.24) is 0 Å². The van der Waals surface area contributed by atoms with Crippen LogP contribution in [-0.4, -0.2) is 18.0 Å². The SMILES string of the molecule is O=C(CC1=NCCC1)c1ccccc1. The van der Waals surface area contributed by atoms with Crippen LogP contribution in [0.25, 0.3) is 0 Å². The molecule has 2 rings (SSSR count). The number of hydrogen-bond donors (Lipinski definition) is 0. The summed E-state index contributed by atoms with van der Waals surface area (Å²) in [4.78, 5) is 16.0. The van der Waals surface area contributed by atoms with Crippen molar-refractivity contribution in [3.8, 4) is 0 Å². The molecule has 1 heterocycles. The van der Waals surface area contributed by atoms with Crippen LogP contribution in [0.4, 0.5) is 0 Å². The van der Waals surface area contributed by atoms with Gasteiger partial charge in [0.05, 0.1) is 0 Å². The molecule has 0 atom stereocenters. The van der Waals surface area contributed by atoms with E-state index in [1.54, 1.807) is 0 Å². The number of hydrogen-bond acceptors (Lipinski definition) is 2. The van der Waals surface area contributed by atoms with Gasteiger partial charge >= 0.3 is 0 Å². The van der Waals surface area contributed by atoms with Crippen molar-refractivity contribution in [3.05, 3.63) is 35.9 Å². The molecular formula is C12H13NO. The third-order valence-electron chi connectivity index (χ3n) is 2.42. The molecule has 0 aromatic heterocycles. The molecule has 0 spiro atoms. The van der Waals surface area contributed by atoms with Crippen LogP contribution in [0, 0.1) is 0 Å². The van der Waals surface area contributed by atoms with Gasteiger partial charge in [-0.15, -0.1) is 0 Å². The van der Waals surface area contributed by atoms with Crippen LogP contribution in [0.2, 0.25) is 0 Å². The van der Waals surface area contributed by atoms with Crippen LogP contribution in [0.5, 0.6) is 0 Å². The summed E-state index contributed by atoms with van der Waals surface area (Å²) in [6, 6.07) is 9.42. The third-order valence-corrected chi connectivity index (χ3v) is 2.42. The van der Waals surface area contributed by atoms with Crippen molar-refractivity contribution < 1.29 is 4.79 Å². The summed E-state index contributed by atoms with van der Waals surface area (Å²) in [5.74, 6) is 0.186. The molecule has 0 saturated carbocycles. The minimum Gasteiger partial charge on any atom is -0.294 e. The van der Waals surface area contributed by atoms with E-state index in [4.69, 9.17) is 0 Å². The molecule has 0 saturated heterocycles. The summed E-state index contributed by atoms with van der Waals surface area (Å²) < 4.78 is 0. The Bertz CT molecular complexity index is 354. The van der Waals surface area contributed by atoms with Crippen LogP contribution < -0.4 is 0 Å². The zero-order chi connectivity index (χ0) is 9.80. The Labute approximate surface area is 83.7 Å². The Kier molecular flexibility index (Phi) is 2.73. The summed E-state index contributed by atoms with van der Waals surface area (Å²) in [5.41, 5.74) is 1.86. The van der Waals surface area contributed by atoms with Gasteiger partial charge in [-0.2, -0.15) is 0 Å². The lowest BCUT2D eigenvalue weighted by molar-refractivity contribution is 0.100. The first-order chi connectivity index (χ1) is 6.86. The molecule has 1 aliphatic heterocycles. The standard InChI is InChI=1S/C12H13NO/c14-12(9-11-7-4-8-13-11)10-5-2-1-3-6-10/h1-3,5-6H,4,7-9H2. The number of ketones is 1. The fraction of sp³-hybridized carbons (Fsp3) is 0.333. The molecule has 1 aliphatic rings. The molecule has 1 aromatic carbocycles. The van der Waals surface area contributed by atoms with Crippen molar-refractivity contribution in [1.29, 1.82) is 0 Å². The zero-order valence-corrected chi connectivity index (χ0v) is 8.07. The number of Topliss-reactive ketones (excluding diaryl/α,β-unsaturated/α-hetero) is 1. The summed E-state index contributed by atoms with van der Waals surface area (Å²) in [6.07, 6.45) is 2.61. The molecule has 2 nitrogen and oxygen atoms in total. The Hall–Kier alpha value is -1.44. The highest BCUT2D eigenvalue weighted by atomic mass is 16.1.